The number of nitrogens with zero attached hydrogens (tertiary/aromatic N) is 1. The smallest absolute Gasteiger partial charge is 0.331 e. The lowest BCUT2D eigenvalue weighted by molar-refractivity contribution is -0.237. The first kappa shape index (κ1) is 31.7. The van der Waals surface area contributed by atoms with E-state index in [1.807, 2.05) is 42.5 Å². The Kier molecular flexibility index (Phi) is 7.45. The van der Waals surface area contributed by atoms with Crippen molar-refractivity contribution in [1.29, 1.82) is 0 Å². The molecule has 3 aromatic rings. The molecule has 2 aromatic carbocycles. The topological polar surface area (TPSA) is 144 Å². The van der Waals surface area contributed by atoms with Crippen molar-refractivity contribution >= 4 is 40.6 Å². The average molecular weight is 672 g/mol. The molecule has 4 saturated carbocycles. The second kappa shape index (κ2) is 11.3. The lowest BCUT2D eigenvalue weighted by Crippen LogP contribution is -2.68. The minimum Gasteiger partial charge on any atom is -0.458 e. The summed E-state index contributed by atoms with van der Waals surface area (Å²) in [5.41, 5.74) is 2.95. The highest BCUT2D eigenvalue weighted by atomic mass is 35.5. The summed E-state index contributed by atoms with van der Waals surface area (Å²) in [4.78, 5) is 29.1. The number of cyclic esters (lactones) is 1. The quantitative estimate of drug-likeness (QED) is 0.130. The number of rotatable bonds is 5. The van der Waals surface area contributed by atoms with Gasteiger partial charge in [0.1, 0.15) is 12.3 Å². The maximum Gasteiger partial charge on any atom is 0.331 e. The molecule has 10 heteroatoms. The first-order valence-electron chi connectivity index (χ1n) is 17.2. The molecule has 0 spiro atoms. The predicted octanol–water partition coefficient (Wildman–Crippen LogP) is 5.92. The van der Waals surface area contributed by atoms with Crippen LogP contribution < -0.4 is 5.43 Å². The van der Waals surface area contributed by atoms with E-state index >= 15 is 0 Å². The number of halogens is 1. The van der Waals surface area contributed by atoms with Gasteiger partial charge in [-0.15, -0.1) is 0 Å². The summed E-state index contributed by atoms with van der Waals surface area (Å²) in [6.45, 7) is 2.45. The number of amides is 1. The van der Waals surface area contributed by atoms with Crippen molar-refractivity contribution in [2.75, 3.05) is 6.61 Å². The van der Waals surface area contributed by atoms with Gasteiger partial charge in [0, 0.05) is 51.0 Å². The van der Waals surface area contributed by atoms with E-state index in [4.69, 9.17) is 16.3 Å². The van der Waals surface area contributed by atoms with Gasteiger partial charge in [0.25, 0.3) is 5.91 Å². The number of hydrogen-bond donors (Lipinski definition) is 5. The van der Waals surface area contributed by atoms with Crippen LogP contribution in [0.25, 0.3) is 22.0 Å². The van der Waals surface area contributed by atoms with Gasteiger partial charge in [0.05, 0.1) is 17.3 Å². The molecule has 0 saturated heterocycles. The normalized spacial score (nSPS) is 37.5. The van der Waals surface area contributed by atoms with Gasteiger partial charge in [0.15, 0.2) is 0 Å². The number of aliphatic hydroxyl groups excluding tert-OH is 1. The largest absolute Gasteiger partial charge is 0.458 e. The van der Waals surface area contributed by atoms with Crippen LogP contribution in [0.3, 0.4) is 0 Å². The third kappa shape index (κ3) is 4.57. The number of fused-ring (bicyclic) bond motifs is 6. The molecule has 1 aromatic heterocycles. The maximum atomic E-state index is 13.9. The molecule has 48 heavy (non-hydrogen) atoms. The zero-order valence-corrected chi connectivity index (χ0v) is 27.8. The Hall–Kier alpha value is -3.50. The summed E-state index contributed by atoms with van der Waals surface area (Å²) >= 11 is 6.36. The highest BCUT2D eigenvalue weighted by Crippen LogP contribution is 2.70. The molecular formula is C38H42ClN3O6. The highest BCUT2D eigenvalue weighted by Gasteiger charge is 2.71. The standard InChI is InChI=1S/C38H42ClN3O6/c1-35-13-10-28-29(38(35,47)16-12-27(35)23-17-31(44)48-20-23)11-15-37(46)19-25(43)9-14-36(28,37)21-40-42-34(45)33-32(22-5-3-2-4-6-22)26-18-24(39)7-8-30(26)41-33/h2-8,17-18,21,25,27-29,41,43,46-47H,9-16,19-20H2,1H3,(H,42,45)/b40-21-/t25-,27-,28+,29-,35-,36+,37+,38-/m1/s1. The van der Waals surface area contributed by atoms with Crippen molar-refractivity contribution in [1.82, 2.24) is 10.4 Å². The van der Waals surface area contributed by atoms with Crippen LogP contribution in [0.5, 0.6) is 0 Å². The maximum absolute atomic E-state index is 13.9. The number of carbonyl (C=O) groups excluding carboxylic acids is 2. The van der Waals surface area contributed by atoms with E-state index in [0.29, 0.717) is 42.8 Å². The molecule has 4 aliphatic carbocycles. The molecule has 5 aliphatic rings. The zero-order valence-electron chi connectivity index (χ0n) is 27.0. The van der Waals surface area contributed by atoms with Gasteiger partial charge in [-0.3, -0.25) is 4.79 Å². The number of carbonyl (C=O) groups is 2. The Morgan fingerprint density at radius 3 is 2.60 bits per heavy atom. The summed E-state index contributed by atoms with van der Waals surface area (Å²) in [5.74, 6) is -0.897. The molecule has 1 aliphatic heterocycles. The molecule has 8 rings (SSSR count). The van der Waals surface area contributed by atoms with Crippen LogP contribution in [0.4, 0.5) is 0 Å². The zero-order chi connectivity index (χ0) is 33.5. The second-order valence-corrected chi connectivity index (χ2v) is 15.6. The number of hydrogen-bond acceptors (Lipinski definition) is 7. The summed E-state index contributed by atoms with van der Waals surface area (Å²) in [6.07, 6.45) is 7.83. The van der Waals surface area contributed by atoms with Crippen LogP contribution in [0.2, 0.25) is 5.02 Å². The van der Waals surface area contributed by atoms with E-state index < -0.39 is 34.0 Å². The van der Waals surface area contributed by atoms with Crippen LogP contribution >= 0.6 is 11.6 Å². The Bertz CT molecular complexity index is 1860. The molecule has 0 radical (unpaired) electrons. The van der Waals surface area contributed by atoms with Gasteiger partial charge >= 0.3 is 5.97 Å². The Balaban J connectivity index is 1.13. The molecule has 9 nitrogen and oxygen atoms in total. The number of H-pyrrole nitrogens is 1. The number of ether oxygens (including phenoxy) is 1. The molecule has 2 heterocycles. The van der Waals surface area contributed by atoms with Crippen LogP contribution in [0.15, 0.2) is 65.3 Å². The third-order valence-corrected chi connectivity index (χ3v) is 13.4. The lowest BCUT2D eigenvalue weighted by atomic mass is 9.41. The van der Waals surface area contributed by atoms with Crippen molar-refractivity contribution in [3.63, 3.8) is 0 Å². The molecule has 4 fully saturated rings. The molecule has 1 amide bonds. The van der Waals surface area contributed by atoms with Crippen LogP contribution in [0, 0.1) is 28.6 Å². The second-order valence-electron chi connectivity index (χ2n) is 15.1. The molecule has 252 valence electrons. The van der Waals surface area contributed by atoms with Gasteiger partial charge in [-0.2, -0.15) is 5.10 Å². The molecular weight excluding hydrogens is 630 g/mol. The predicted molar refractivity (Wildman–Crippen MR) is 182 cm³/mol. The summed E-state index contributed by atoms with van der Waals surface area (Å²) in [7, 11) is 0. The van der Waals surface area contributed by atoms with E-state index in [2.05, 4.69) is 22.4 Å². The highest BCUT2D eigenvalue weighted by molar-refractivity contribution is 6.31. The van der Waals surface area contributed by atoms with E-state index in [9.17, 15) is 24.9 Å². The van der Waals surface area contributed by atoms with E-state index in [1.165, 1.54) is 0 Å². The van der Waals surface area contributed by atoms with Crippen LogP contribution in [-0.4, -0.2) is 62.3 Å². The van der Waals surface area contributed by atoms with Crippen molar-refractivity contribution < 1.29 is 29.6 Å². The Labute approximate surface area is 284 Å². The monoisotopic (exact) mass is 671 g/mol. The number of hydrazone groups is 1. The number of esters is 1. The van der Waals surface area contributed by atoms with Gasteiger partial charge in [-0.1, -0.05) is 48.9 Å². The Morgan fingerprint density at radius 2 is 1.83 bits per heavy atom. The molecule has 5 N–H and O–H groups in total. The molecule has 0 bridgehead atoms. The number of aromatic nitrogens is 1. The molecule has 0 unspecified atom stereocenters. The van der Waals surface area contributed by atoms with Crippen molar-refractivity contribution in [2.24, 2.45) is 33.7 Å². The van der Waals surface area contributed by atoms with Crippen molar-refractivity contribution in [3.05, 3.63) is 70.9 Å². The van der Waals surface area contributed by atoms with E-state index in [1.54, 1.807) is 18.4 Å². The first-order chi connectivity index (χ1) is 23.0. The lowest BCUT2D eigenvalue weighted by Gasteiger charge is -2.65. The fraction of sp³-hybridized carbons (Fsp3) is 0.500. The van der Waals surface area contributed by atoms with E-state index in [-0.39, 0.29) is 36.8 Å². The van der Waals surface area contributed by atoms with Crippen LogP contribution in [-0.2, 0) is 9.53 Å². The van der Waals surface area contributed by atoms with Gasteiger partial charge in [0.2, 0.25) is 0 Å². The van der Waals surface area contributed by atoms with Gasteiger partial charge < -0.3 is 25.0 Å². The fourth-order valence-corrected chi connectivity index (χ4v) is 11.0. The van der Waals surface area contributed by atoms with Crippen molar-refractivity contribution in [3.8, 4) is 11.1 Å². The van der Waals surface area contributed by atoms with Gasteiger partial charge in [-0.05, 0) is 98.5 Å². The minimum atomic E-state index is -1.23. The van der Waals surface area contributed by atoms with Crippen molar-refractivity contribution in [2.45, 2.75) is 82.0 Å². The number of nitrogens with one attached hydrogen (secondary N) is 2. The number of aliphatic hydroxyl groups is 3. The Morgan fingerprint density at radius 1 is 1.04 bits per heavy atom. The number of aromatic amines is 1. The first-order valence-corrected chi connectivity index (χ1v) is 17.6. The SMILES string of the molecule is C[C@]12CC[C@H]3[C@@H](CC[C@]4(O)C[C@H](O)CC[C@]34/C=N\NC(=O)c3[nH]c4ccc(Cl)cc4c3-c3ccccc3)[C@]1(O)CC[C@@H]2C1=CC(=O)OC1. The fourth-order valence-electron chi connectivity index (χ4n) is 10.9. The van der Waals surface area contributed by atoms with E-state index in [0.717, 1.165) is 46.9 Å². The minimum absolute atomic E-state index is 0.0535. The van der Waals surface area contributed by atoms with Gasteiger partial charge in [-0.25, -0.2) is 10.2 Å². The number of benzene rings is 2. The summed E-state index contributed by atoms with van der Waals surface area (Å²) < 4.78 is 5.27. The van der Waals surface area contributed by atoms with Crippen LogP contribution in [0.1, 0.15) is 75.2 Å². The summed E-state index contributed by atoms with van der Waals surface area (Å²) in [5, 5.41) is 41.8. The third-order valence-electron chi connectivity index (χ3n) is 13.2. The summed E-state index contributed by atoms with van der Waals surface area (Å²) in [6, 6.07) is 15.1. The molecule has 8 atom stereocenters. The average Bonchev–Trinajstić information content (AvgIpc) is 3.74.